The van der Waals surface area contributed by atoms with E-state index in [0.29, 0.717) is 33.0 Å². The van der Waals surface area contributed by atoms with Crippen molar-refractivity contribution in [1.82, 2.24) is 15.1 Å². The van der Waals surface area contributed by atoms with E-state index in [2.05, 4.69) is 5.32 Å². The van der Waals surface area contributed by atoms with E-state index < -0.39 is 0 Å². The number of unbranched alkanes of at least 4 members (excludes halogenated alkanes) is 1. The molecule has 0 unspecified atom stereocenters. The average Bonchev–Trinajstić information content (AvgIpc) is 3.22. The van der Waals surface area contributed by atoms with Gasteiger partial charge in [-0.05, 0) is 112 Å². The third kappa shape index (κ3) is 5.12. The lowest BCUT2D eigenvalue weighted by Gasteiger charge is -2.54. The van der Waals surface area contributed by atoms with Crippen LogP contribution in [0.3, 0.4) is 0 Å². The van der Waals surface area contributed by atoms with Crippen molar-refractivity contribution in [2.45, 2.75) is 58.3 Å². The molecular weight excluding hydrogens is 537 g/mol. The van der Waals surface area contributed by atoms with Gasteiger partial charge in [0.15, 0.2) is 5.69 Å². The van der Waals surface area contributed by atoms with Gasteiger partial charge in [-0.15, -0.1) is 0 Å². The first-order valence-electron chi connectivity index (χ1n) is 14.0. The number of hydrogen-bond donors (Lipinski definition) is 1. The number of carbonyl (C=O) groups is 1. The van der Waals surface area contributed by atoms with Crippen molar-refractivity contribution in [3.8, 4) is 16.9 Å². The first kappa shape index (κ1) is 26.2. The van der Waals surface area contributed by atoms with Gasteiger partial charge in [-0.25, -0.2) is 4.68 Å². The fourth-order valence-corrected chi connectivity index (χ4v) is 8.40. The fraction of sp³-hybridized carbons (Fsp3) is 0.484. The highest BCUT2D eigenvalue weighted by Gasteiger charge is 2.47. The van der Waals surface area contributed by atoms with E-state index in [0.717, 1.165) is 52.8 Å². The summed E-state index contributed by atoms with van der Waals surface area (Å²) in [4.78, 5) is 13.3. The first-order chi connectivity index (χ1) is 18.4. The lowest BCUT2D eigenvalue weighted by atomic mass is 9.51. The van der Waals surface area contributed by atoms with Crippen LogP contribution >= 0.6 is 34.8 Å². The third-order valence-corrected chi connectivity index (χ3v) is 10.1. The Morgan fingerprint density at radius 3 is 2.24 bits per heavy atom. The summed E-state index contributed by atoms with van der Waals surface area (Å²) in [6, 6.07) is 12.8. The molecule has 2 aromatic carbocycles. The summed E-state index contributed by atoms with van der Waals surface area (Å²) in [5, 5.41) is 9.52. The van der Waals surface area contributed by atoms with Crippen LogP contribution in [0.2, 0.25) is 15.1 Å². The van der Waals surface area contributed by atoms with Gasteiger partial charge in [-0.3, -0.25) is 4.79 Å². The molecule has 4 saturated carbocycles. The molecule has 0 saturated heterocycles. The van der Waals surface area contributed by atoms with Crippen molar-refractivity contribution < 1.29 is 4.79 Å². The highest BCUT2D eigenvalue weighted by atomic mass is 35.5. The van der Waals surface area contributed by atoms with Crippen LogP contribution in [-0.2, 0) is 0 Å². The van der Waals surface area contributed by atoms with Crippen molar-refractivity contribution in [2.75, 3.05) is 6.54 Å². The van der Waals surface area contributed by atoms with Crippen LogP contribution in [0.5, 0.6) is 0 Å². The Morgan fingerprint density at radius 1 is 0.921 bits per heavy atom. The Balaban J connectivity index is 1.14. The molecule has 1 heterocycles. The molecule has 1 aromatic heterocycles. The Labute approximate surface area is 240 Å². The molecule has 7 heteroatoms. The molecule has 0 radical (unpaired) electrons. The molecule has 0 spiro atoms. The van der Waals surface area contributed by atoms with Crippen LogP contribution in [0.1, 0.15) is 67.4 Å². The number of rotatable bonds is 8. The second-order valence-corrected chi connectivity index (χ2v) is 13.0. The first-order valence-corrected chi connectivity index (χ1v) is 15.1. The van der Waals surface area contributed by atoms with Gasteiger partial charge in [-0.1, -0.05) is 53.4 Å². The molecule has 1 N–H and O–H groups in total. The summed E-state index contributed by atoms with van der Waals surface area (Å²) in [6.07, 6.45) is 10.9. The van der Waals surface area contributed by atoms with E-state index in [-0.39, 0.29) is 5.91 Å². The maximum Gasteiger partial charge on any atom is 0.272 e. The molecule has 4 aliphatic rings. The lowest BCUT2D eigenvalue weighted by molar-refractivity contribution is -0.0403. The SMILES string of the molecule is Cc1c(C(=O)NCCCCC2C3CC4CC(C3)CC2C4)nn(-c2ccc(Cl)cc2Cl)c1-c1ccc(Cl)cc1. The van der Waals surface area contributed by atoms with Gasteiger partial charge in [0.05, 0.1) is 16.4 Å². The molecule has 0 atom stereocenters. The molecule has 1 amide bonds. The van der Waals surface area contributed by atoms with Crippen LogP contribution in [0.25, 0.3) is 16.9 Å². The Kier molecular flexibility index (Phi) is 7.50. The predicted molar refractivity (Wildman–Crippen MR) is 155 cm³/mol. The van der Waals surface area contributed by atoms with E-state index in [1.165, 1.54) is 44.9 Å². The van der Waals surface area contributed by atoms with Crippen molar-refractivity contribution in [1.29, 1.82) is 0 Å². The Bertz CT molecular complexity index is 1300. The molecule has 7 rings (SSSR count). The molecule has 4 bridgehead atoms. The van der Waals surface area contributed by atoms with Crippen LogP contribution in [0.15, 0.2) is 42.5 Å². The standard InChI is InChI=1S/C31H34Cl3N3O/c1-18-29(31(38)35-11-3-2-4-26-22-13-19-12-20(15-22)16-23(26)14-19)36-37(28-10-9-25(33)17-27(28)34)30(18)21-5-7-24(32)8-6-21/h5-10,17,19-20,22-23,26H,2-4,11-16H2,1H3,(H,35,38). The number of amides is 1. The van der Waals surface area contributed by atoms with E-state index in [4.69, 9.17) is 39.9 Å². The van der Waals surface area contributed by atoms with Gasteiger partial charge in [-0.2, -0.15) is 5.10 Å². The van der Waals surface area contributed by atoms with E-state index in [1.54, 1.807) is 16.8 Å². The Hall–Kier alpha value is -2.01. The molecule has 4 aliphatic carbocycles. The summed E-state index contributed by atoms with van der Waals surface area (Å²) < 4.78 is 1.73. The van der Waals surface area contributed by atoms with Gasteiger partial charge in [0.1, 0.15) is 0 Å². The molecular formula is C31H34Cl3N3O. The van der Waals surface area contributed by atoms with E-state index >= 15 is 0 Å². The van der Waals surface area contributed by atoms with E-state index in [1.807, 2.05) is 37.3 Å². The highest BCUT2D eigenvalue weighted by molar-refractivity contribution is 6.35. The van der Waals surface area contributed by atoms with Crippen molar-refractivity contribution in [3.05, 3.63) is 68.8 Å². The lowest BCUT2D eigenvalue weighted by Crippen LogP contribution is -2.45. The highest BCUT2D eigenvalue weighted by Crippen LogP contribution is 2.57. The minimum Gasteiger partial charge on any atom is -0.351 e. The number of hydrogen-bond acceptors (Lipinski definition) is 2. The quantitative estimate of drug-likeness (QED) is 0.275. The minimum absolute atomic E-state index is 0.156. The molecule has 0 aliphatic heterocycles. The van der Waals surface area contributed by atoms with Crippen LogP contribution in [-0.4, -0.2) is 22.2 Å². The number of benzene rings is 2. The summed E-state index contributed by atoms with van der Waals surface area (Å²) in [5.41, 5.74) is 3.57. The predicted octanol–water partition coefficient (Wildman–Crippen LogP) is 8.78. The fourth-order valence-electron chi connectivity index (χ4n) is 7.79. The number of halogens is 3. The summed E-state index contributed by atoms with van der Waals surface area (Å²) >= 11 is 18.8. The van der Waals surface area contributed by atoms with Gasteiger partial charge >= 0.3 is 0 Å². The molecule has 38 heavy (non-hydrogen) atoms. The largest absolute Gasteiger partial charge is 0.351 e. The number of nitrogens with one attached hydrogen (secondary N) is 1. The van der Waals surface area contributed by atoms with Crippen LogP contribution in [0, 0.1) is 36.5 Å². The zero-order valence-corrected chi connectivity index (χ0v) is 24.0. The molecule has 200 valence electrons. The maximum atomic E-state index is 13.3. The maximum absolute atomic E-state index is 13.3. The van der Waals surface area contributed by atoms with Crippen molar-refractivity contribution in [2.24, 2.45) is 29.6 Å². The smallest absolute Gasteiger partial charge is 0.272 e. The minimum atomic E-state index is -0.156. The summed E-state index contributed by atoms with van der Waals surface area (Å²) in [7, 11) is 0. The molecule has 4 fully saturated rings. The monoisotopic (exact) mass is 569 g/mol. The van der Waals surface area contributed by atoms with Gasteiger partial charge in [0.2, 0.25) is 0 Å². The number of carbonyl (C=O) groups excluding carboxylic acids is 1. The Morgan fingerprint density at radius 2 is 1.58 bits per heavy atom. The normalized spacial score (nSPS) is 25.6. The topological polar surface area (TPSA) is 46.9 Å². The van der Waals surface area contributed by atoms with Crippen molar-refractivity contribution >= 4 is 40.7 Å². The van der Waals surface area contributed by atoms with Crippen LogP contribution in [0.4, 0.5) is 0 Å². The third-order valence-electron chi connectivity index (χ3n) is 9.26. The second kappa shape index (κ2) is 10.9. The van der Waals surface area contributed by atoms with E-state index in [9.17, 15) is 4.79 Å². The molecule has 4 nitrogen and oxygen atoms in total. The van der Waals surface area contributed by atoms with Crippen LogP contribution < -0.4 is 5.32 Å². The van der Waals surface area contributed by atoms with Gasteiger partial charge in [0.25, 0.3) is 5.91 Å². The summed E-state index contributed by atoms with van der Waals surface area (Å²) in [5.74, 6) is 4.75. The average molecular weight is 571 g/mol. The number of nitrogens with zero attached hydrogens (tertiary/aromatic N) is 2. The van der Waals surface area contributed by atoms with Gasteiger partial charge in [0, 0.05) is 27.7 Å². The second-order valence-electron chi connectivity index (χ2n) is 11.7. The molecule has 3 aromatic rings. The number of aromatic nitrogens is 2. The van der Waals surface area contributed by atoms with Gasteiger partial charge < -0.3 is 5.32 Å². The summed E-state index contributed by atoms with van der Waals surface area (Å²) in [6.45, 7) is 2.59. The van der Waals surface area contributed by atoms with Crippen molar-refractivity contribution in [3.63, 3.8) is 0 Å². The zero-order chi connectivity index (χ0) is 26.4. The zero-order valence-electron chi connectivity index (χ0n) is 21.7.